The molecule has 2 aliphatic rings. The smallest absolute Gasteiger partial charge is 0.132 e. The Labute approximate surface area is 147 Å². The monoisotopic (exact) mass is 343 g/mol. The van der Waals surface area contributed by atoms with Crippen molar-refractivity contribution in [3.05, 3.63) is 64.7 Å². The van der Waals surface area contributed by atoms with Crippen molar-refractivity contribution in [2.45, 2.75) is 44.8 Å². The Morgan fingerprint density at radius 2 is 1.76 bits per heavy atom. The van der Waals surface area contributed by atoms with Crippen LogP contribution in [0.15, 0.2) is 36.4 Å². The molecular formula is C21H23F2NO. The summed E-state index contributed by atoms with van der Waals surface area (Å²) in [5.41, 5.74) is 3.09. The predicted molar refractivity (Wildman–Crippen MR) is 93.8 cm³/mol. The molecule has 132 valence electrons. The van der Waals surface area contributed by atoms with Crippen molar-refractivity contribution < 1.29 is 13.5 Å². The van der Waals surface area contributed by atoms with Gasteiger partial charge in [-0.1, -0.05) is 12.5 Å². The van der Waals surface area contributed by atoms with Gasteiger partial charge in [-0.05, 0) is 61.1 Å². The number of ether oxygens (including phenoxy) is 1. The van der Waals surface area contributed by atoms with Crippen molar-refractivity contribution in [3.63, 3.8) is 0 Å². The maximum absolute atomic E-state index is 13.7. The molecule has 1 saturated carbocycles. The lowest BCUT2D eigenvalue weighted by atomic mass is 9.91. The van der Waals surface area contributed by atoms with E-state index in [0.29, 0.717) is 5.56 Å². The Morgan fingerprint density at radius 1 is 0.960 bits per heavy atom. The number of hydrogen-bond acceptors (Lipinski definition) is 2. The maximum Gasteiger partial charge on any atom is 0.132 e. The Morgan fingerprint density at radius 3 is 2.48 bits per heavy atom. The topological polar surface area (TPSA) is 12.5 Å². The molecule has 0 atom stereocenters. The quantitative estimate of drug-likeness (QED) is 0.811. The van der Waals surface area contributed by atoms with E-state index in [1.165, 1.54) is 42.5 Å². The maximum atomic E-state index is 13.7. The van der Waals surface area contributed by atoms with Crippen molar-refractivity contribution in [2.24, 2.45) is 0 Å². The lowest BCUT2D eigenvalue weighted by Gasteiger charge is -2.36. The number of hydrogen-bond donors (Lipinski definition) is 0. The zero-order valence-corrected chi connectivity index (χ0v) is 14.3. The van der Waals surface area contributed by atoms with Gasteiger partial charge in [0.2, 0.25) is 0 Å². The first-order valence-electron chi connectivity index (χ1n) is 9.11. The van der Waals surface area contributed by atoms with Gasteiger partial charge >= 0.3 is 0 Å². The summed E-state index contributed by atoms with van der Waals surface area (Å²) in [6, 6.07) is 10.5. The molecule has 1 fully saturated rings. The van der Waals surface area contributed by atoms with E-state index in [2.05, 4.69) is 17.0 Å². The highest BCUT2D eigenvalue weighted by molar-refractivity contribution is 5.37. The van der Waals surface area contributed by atoms with E-state index in [4.69, 9.17) is 4.74 Å². The van der Waals surface area contributed by atoms with E-state index in [9.17, 15) is 8.78 Å². The molecule has 0 unspecified atom stereocenters. The Bertz CT molecular complexity index is 758. The molecule has 0 saturated heterocycles. The second-order valence-corrected chi connectivity index (χ2v) is 7.08. The highest BCUT2D eigenvalue weighted by atomic mass is 19.1. The molecule has 4 heteroatoms. The highest BCUT2D eigenvalue weighted by Gasteiger charge is 2.26. The van der Waals surface area contributed by atoms with Gasteiger partial charge in [0, 0.05) is 30.8 Å². The highest BCUT2D eigenvalue weighted by Crippen LogP contribution is 2.28. The number of rotatable bonds is 4. The van der Waals surface area contributed by atoms with Crippen molar-refractivity contribution in [2.75, 3.05) is 13.1 Å². The number of benzene rings is 2. The van der Waals surface area contributed by atoms with E-state index < -0.39 is 11.6 Å². The second kappa shape index (κ2) is 7.12. The third kappa shape index (κ3) is 3.69. The molecule has 1 aliphatic carbocycles. The number of nitrogens with zero attached hydrogens (tertiary/aromatic N) is 1. The van der Waals surface area contributed by atoms with Gasteiger partial charge in [-0.3, -0.25) is 4.90 Å². The standard InChI is InChI=1S/C21H23F2NO/c22-18-6-4-17(21(23)13-18)14-25-20-7-5-15-8-10-24(19-2-1-3-19)11-9-16(15)12-20/h4-7,12-13,19H,1-3,8-11,14H2. The largest absolute Gasteiger partial charge is 0.489 e. The fourth-order valence-electron chi connectivity index (χ4n) is 3.73. The molecule has 25 heavy (non-hydrogen) atoms. The fourth-order valence-corrected chi connectivity index (χ4v) is 3.73. The van der Waals surface area contributed by atoms with Crippen LogP contribution in [-0.2, 0) is 19.4 Å². The van der Waals surface area contributed by atoms with E-state index >= 15 is 0 Å². The molecule has 2 aromatic rings. The van der Waals surface area contributed by atoms with Gasteiger partial charge in [-0.15, -0.1) is 0 Å². The Kier molecular flexibility index (Phi) is 4.71. The SMILES string of the molecule is Fc1ccc(COc2ccc3c(c2)CCN(C2CCC2)CC3)c(F)c1. The molecule has 2 nitrogen and oxygen atoms in total. The van der Waals surface area contributed by atoms with Crippen LogP contribution in [-0.4, -0.2) is 24.0 Å². The molecule has 0 radical (unpaired) electrons. The van der Waals surface area contributed by atoms with Crippen molar-refractivity contribution >= 4 is 0 Å². The average Bonchev–Trinajstić information content (AvgIpc) is 2.75. The van der Waals surface area contributed by atoms with Crippen molar-refractivity contribution in [1.82, 2.24) is 4.90 Å². The van der Waals surface area contributed by atoms with Crippen LogP contribution in [0.25, 0.3) is 0 Å². The van der Waals surface area contributed by atoms with Gasteiger partial charge in [0.05, 0.1) is 0 Å². The summed E-state index contributed by atoms with van der Waals surface area (Å²) >= 11 is 0. The third-order valence-corrected chi connectivity index (χ3v) is 5.51. The van der Waals surface area contributed by atoms with Crippen molar-refractivity contribution in [1.29, 1.82) is 0 Å². The summed E-state index contributed by atoms with van der Waals surface area (Å²) in [5, 5.41) is 0. The molecule has 0 spiro atoms. The first-order chi connectivity index (χ1) is 12.2. The minimum Gasteiger partial charge on any atom is -0.489 e. The Hall–Kier alpha value is -1.94. The zero-order chi connectivity index (χ0) is 17.2. The van der Waals surface area contributed by atoms with Gasteiger partial charge in [0.25, 0.3) is 0 Å². The zero-order valence-electron chi connectivity index (χ0n) is 14.3. The number of halogens is 2. The van der Waals surface area contributed by atoms with Gasteiger partial charge < -0.3 is 4.74 Å². The summed E-state index contributed by atoms with van der Waals surface area (Å²) in [6.07, 6.45) is 6.17. The molecular weight excluding hydrogens is 320 g/mol. The predicted octanol–water partition coefficient (Wildman–Crippen LogP) is 4.50. The van der Waals surface area contributed by atoms with Crippen LogP contribution in [0.4, 0.5) is 8.78 Å². The number of fused-ring (bicyclic) bond motifs is 1. The van der Waals surface area contributed by atoms with Crippen LogP contribution < -0.4 is 4.74 Å². The minimum absolute atomic E-state index is 0.110. The normalized spacial score (nSPS) is 18.3. The van der Waals surface area contributed by atoms with Gasteiger partial charge in [0.15, 0.2) is 0 Å². The summed E-state index contributed by atoms with van der Waals surface area (Å²) in [5.74, 6) is -0.382. The lowest BCUT2D eigenvalue weighted by molar-refractivity contribution is 0.133. The fraction of sp³-hybridized carbons (Fsp3) is 0.429. The first-order valence-corrected chi connectivity index (χ1v) is 9.11. The van der Waals surface area contributed by atoms with Crippen LogP contribution in [0.3, 0.4) is 0 Å². The molecule has 0 bridgehead atoms. The first kappa shape index (κ1) is 16.5. The average molecular weight is 343 g/mol. The molecule has 1 heterocycles. The van der Waals surface area contributed by atoms with Crippen LogP contribution >= 0.6 is 0 Å². The minimum atomic E-state index is -0.567. The van der Waals surface area contributed by atoms with Gasteiger partial charge in [-0.25, -0.2) is 8.78 Å². The van der Waals surface area contributed by atoms with Gasteiger partial charge in [-0.2, -0.15) is 0 Å². The van der Waals surface area contributed by atoms with Crippen molar-refractivity contribution in [3.8, 4) is 5.75 Å². The lowest BCUT2D eigenvalue weighted by Crippen LogP contribution is -2.41. The van der Waals surface area contributed by atoms with Gasteiger partial charge in [0.1, 0.15) is 24.0 Å². The Balaban J connectivity index is 1.42. The summed E-state index contributed by atoms with van der Waals surface area (Å²) < 4.78 is 32.4. The summed E-state index contributed by atoms with van der Waals surface area (Å²) in [6.45, 7) is 2.35. The van der Waals surface area contributed by atoms with Crippen LogP contribution in [0.5, 0.6) is 5.75 Å². The van der Waals surface area contributed by atoms with E-state index in [-0.39, 0.29) is 6.61 Å². The summed E-state index contributed by atoms with van der Waals surface area (Å²) in [7, 11) is 0. The van der Waals surface area contributed by atoms with E-state index in [0.717, 1.165) is 43.8 Å². The van der Waals surface area contributed by atoms with Crippen LogP contribution in [0.2, 0.25) is 0 Å². The van der Waals surface area contributed by atoms with E-state index in [1.54, 1.807) is 0 Å². The van der Waals surface area contributed by atoms with Crippen LogP contribution in [0.1, 0.15) is 36.0 Å². The molecule has 0 aromatic heterocycles. The summed E-state index contributed by atoms with van der Waals surface area (Å²) in [4.78, 5) is 2.62. The van der Waals surface area contributed by atoms with E-state index in [1.807, 2.05) is 6.07 Å². The van der Waals surface area contributed by atoms with Crippen LogP contribution in [0, 0.1) is 11.6 Å². The molecule has 1 aliphatic heterocycles. The second-order valence-electron chi connectivity index (χ2n) is 7.08. The molecule has 0 amide bonds. The molecule has 4 rings (SSSR count). The third-order valence-electron chi connectivity index (χ3n) is 5.51. The molecule has 2 aromatic carbocycles. The molecule has 0 N–H and O–H groups in total.